The Morgan fingerprint density at radius 1 is 1.50 bits per heavy atom. The first-order valence-corrected chi connectivity index (χ1v) is 9.33. The van der Waals surface area contributed by atoms with Gasteiger partial charge in [-0.25, -0.2) is 18.2 Å². The molecule has 1 aliphatic rings. The van der Waals surface area contributed by atoms with Gasteiger partial charge < -0.3 is 9.64 Å². The van der Waals surface area contributed by atoms with Crippen molar-refractivity contribution < 1.29 is 17.9 Å². The molecule has 1 aliphatic heterocycles. The van der Waals surface area contributed by atoms with E-state index in [0.29, 0.717) is 19.5 Å². The van der Waals surface area contributed by atoms with Gasteiger partial charge in [0.25, 0.3) is 0 Å². The van der Waals surface area contributed by atoms with E-state index in [4.69, 9.17) is 10.00 Å². The maximum absolute atomic E-state index is 12.5. The van der Waals surface area contributed by atoms with E-state index in [1.54, 1.807) is 20.8 Å². The predicted molar refractivity (Wildman–Crippen MR) is 86.9 cm³/mol. The second-order valence-electron chi connectivity index (χ2n) is 6.83. The number of likely N-dealkylation sites (tertiary alicyclic amines) is 1. The lowest BCUT2D eigenvalue weighted by Gasteiger charge is -2.24. The molecular weight excluding hydrogens is 330 g/mol. The van der Waals surface area contributed by atoms with Crippen molar-refractivity contribution in [3.8, 4) is 6.07 Å². The Hall–Kier alpha value is -2.14. The summed E-state index contributed by atoms with van der Waals surface area (Å²) in [5.74, 6) is -0.339. The largest absolute Gasteiger partial charge is 0.444 e. The van der Waals surface area contributed by atoms with Crippen LogP contribution in [0.5, 0.6) is 0 Å². The van der Waals surface area contributed by atoms with Crippen LogP contribution >= 0.6 is 0 Å². The van der Waals surface area contributed by atoms with E-state index in [1.165, 1.54) is 23.2 Å². The summed E-state index contributed by atoms with van der Waals surface area (Å²) in [6.07, 6.45) is 1.50. The number of hydrogen-bond acceptors (Lipinski definition) is 6. The molecule has 0 saturated carbocycles. The van der Waals surface area contributed by atoms with Gasteiger partial charge in [-0.05, 0) is 45.2 Å². The van der Waals surface area contributed by atoms with Gasteiger partial charge in [0, 0.05) is 19.3 Å². The molecule has 130 valence electrons. The third kappa shape index (κ3) is 4.45. The van der Waals surface area contributed by atoms with E-state index in [2.05, 4.69) is 4.98 Å². The SMILES string of the molecule is CC(C)(C)OC(=O)N1CC[C@H](CS(=O)(=O)c2ncccc2C#N)C1. The molecule has 1 saturated heterocycles. The van der Waals surface area contributed by atoms with Crippen LogP contribution < -0.4 is 0 Å². The number of nitrogens with zero attached hydrogens (tertiary/aromatic N) is 3. The molecule has 2 rings (SSSR count). The molecule has 1 aromatic rings. The molecule has 0 unspecified atom stereocenters. The van der Waals surface area contributed by atoms with Gasteiger partial charge in [0.05, 0.1) is 11.3 Å². The number of carbonyl (C=O) groups excluding carboxylic acids is 1. The highest BCUT2D eigenvalue weighted by Gasteiger charge is 2.33. The van der Waals surface area contributed by atoms with E-state index >= 15 is 0 Å². The minimum atomic E-state index is -3.68. The van der Waals surface area contributed by atoms with Crippen LogP contribution in [0.2, 0.25) is 0 Å². The van der Waals surface area contributed by atoms with Crippen LogP contribution in [0.1, 0.15) is 32.8 Å². The summed E-state index contributed by atoms with van der Waals surface area (Å²) in [7, 11) is -3.68. The Labute approximate surface area is 142 Å². The van der Waals surface area contributed by atoms with Crippen LogP contribution in [0.25, 0.3) is 0 Å². The number of amides is 1. The topological polar surface area (TPSA) is 100 Å². The van der Waals surface area contributed by atoms with Gasteiger partial charge in [-0.2, -0.15) is 5.26 Å². The summed E-state index contributed by atoms with van der Waals surface area (Å²) in [5.41, 5.74) is -0.545. The Morgan fingerprint density at radius 3 is 2.83 bits per heavy atom. The van der Waals surface area contributed by atoms with Crippen LogP contribution in [0, 0.1) is 17.2 Å². The molecule has 8 heteroatoms. The third-order valence-electron chi connectivity index (χ3n) is 3.58. The smallest absolute Gasteiger partial charge is 0.410 e. The van der Waals surface area contributed by atoms with E-state index < -0.39 is 21.5 Å². The second-order valence-corrected chi connectivity index (χ2v) is 8.78. The third-order valence-corrected chi connectivity index (χ3v) is 5.40. The molecule has 1 fully saturated rings. The number of carbonyl (C=O) groups is 1. The van der Waals surface area contributed by atoms with E-state index in [9.17, 15) is 13.2 Å². The number of rotatable bonds is 3. The van der Waals surface area contributed by atoms with Gasteiger partial charge in [0.15, 0.2) is 14.9 Å². The maximum Gasteiger partial charge on any atom is 0.410 e. The maximum atomic E-state index is 12.5. The van der Waals surface area contributed by atoms with E-state index in [1.807, 2.05) is 6.07 Å². The Balaban J connectivity index is 2.05. The second kappa shape index (κ2) is 6.77. The zero-order chi connectivity index (χ0) is 18.0. The number of nitriles is 1. The molecule has 0 aromatic carbocycles. The molecule has 24 heavy (non-hydrogen) atoms. The molecule has 2 heterocycles. The number of sulfone groups is 1. The summed E-state index contributed by atoms with van der Waals surface area (Å²) in [5, 5.41) is 8.85. The molecule has 1 aromatic heterocycles. The lowest BCUT2D eigenvalue weighted by molar-refractivity contribution is 0.0289. The zero-order valence-corrected chi connectivity index (χ0v) is 14.8. The Morgan fingerprint density at radius 2 is 2.21 bits per heavy atom. The van der Waals surface area contributed by atoms with Crippen molar-refractivity contribution in [2.45, 2.75) is 37.8 Å². The molecule has 1 amide bonds. The molecule has 1 atom stereocenters. The lowest BCUT2D eigenvalue weighted by Crippen LogP contribution is -2.35. The van der Waals surface area contributed by atoms with Gasteiger partial charge >= 0.3 is 6.09 Å². The highest BCUT2D eigenvalue weighted by Crippen LogP contribution is 2.24. The van der Waals surface area contributed by atoms with Crippen molar-refractivity contribution in [1.82, 2.24) is 9.88 Å². The number of hydrogen-bond donors (Lipinski definition) is 0. The summed E-state index contributed by atoms with van der Waals surface area (Å²) < 4.78 is 30.4. The molecule has 0 radical (unpaired) electrons. The molecule has 0 bridgehead atoms. The number of ether oxygens (including phenoxy) is 1. The first-order chi connectivity index (χ1) is 11.1. The zero-order valence-electron chi connectivity index (χ0n) is 14.0. The van der Waals surface area contributed by atoms with Crippen LogP contribution in [-0.2, 0) is 14.6 Å². The van der Waals surface area contributed by atoms with Crippen molar-refractivity contribution in [2.75, 3.05) is 18.8 Å². The monoisotopic (exact) mass is 351 g/mol. The van der Waals surface area contributed by atoms with E-state index in [-0.39, 0.29) is 22.3 Å². The fraction of sp³-hybridized carbons (Fsp3) is 0.562. The molecule has 7 nitrogen and oxygen atoms in total. The van der Waals surface area contributed by atoms with Crippen LogP contribution in [0.4, 0.5) is 4.79 Å². The Bertz CT molecular complexity index is 762. The minimum absolute atomic E-state index is 0.0412. The van der Waals surface area contributed by atoms with Gasteiger partial charge in [-0.15, -0.1) is 0 Å². The minimum Gasteiger partial charge on any atom is -0.444 e. The summed E-state index contributed by atoms with van der Waals surface area (Å²) in [6.45, 7) is 6.14. The molecule has 0 spiro atoms. The fourth-order valence-electron chi connectivity index (χ4n) is 2.57. The Kier molecular flexibility index (Phi) is 5.13. The van der Waals surface area contributed by atoms with Crippen LogP contribution in [-0.4, -0.2) is 48.8 Å². The first kappa shape index (κ1) is 18.2. The number of pyridine rings is 1. The standard InChI is InChI=1S/C16H21N3O4S/c1-16(2,3)23-15(20)19-8-6-12(10-19)11-24(21,22)14-13(9-17)5-4-7-18-14/h4-5,7,12H,6,8,10-11H2,1-3H3/t12-/m0/s1. The highest BCUT2D eigenvalue weighted by molar-refractivity contribution is 7.91. The molecule has 0 N–H and O–H groups in total. The normalized spacial score (nSPS) is 18.2. The van der Waals surface area contributed by atoms with Crippen LogP contribution in [0.15, 0.2) is 23.4 Å². The quantitative estimate of drug-likeness (QED) is 0.825. The average Bonchev–Trinajstić information content (AvgIpc) is 2.93. The van der Waals surface area contributed by atoms with Crippen molar-refractivity contribution in [3.05, 3.63) is 23.9 Å². The van der Waals surface area contributed by atoms with Gasteiger partial charge in [-0.3, -0.25) is 0 Å². The fourth-order valence-corrected chi connectivity index (χ4v) is 4.29. The van der Waals surface area contributed by atoms with Gasteiger partial charge in [0.1, 0.15) is 11.7 Å². The predicted octanol–water partition coefficient (Wildman–Crippen LogP) is 1.98. The summed E-state index contributed by atoms with van der Waals surface area (Å²) in [6, 6.07) is 4.81. The van der Waals surface area contributed by atoms with Crippen molar-refractivity contribution in [1.29, 1.82) is 5.26 Å². The molecular formula is C16H21N3O4S. The van der Waals surface area contributed by atoms with Gasteiger partial charge in [0.2, 0.25) is 0 Å². The number of aromatic nitrogens is 1. The van der Waals surface area contributed by atoms with Crippen molar-refractivity contribution in [3.63, 3.8) is 0 Å². The molecule has 0 aliphatic carbocycles. The summed E-state index contributed by atoms with van der Waals surface area (Å²) >= 11 is 0. The van der Waals surface area contributed by atoms with Crippen LogP contribution in [0.3, 0.4) is 0 Å². The van der Waals surface area contributed by atoms with Gasteiger partial charge in [-0.1, -0.05) is 0 Å². The van der Waals surface area contributed by atoms with E-state index in [0.717, 1.165) is 0 Å². The lowest BCUT2D eigenvalue weighted by atomic mass is 10.2. The average molecular weight is 351 g/mol. The highest BCUT2D eigenvalue weighted by atomic mass is 32.2. The summed E-state index contributed by atoms with van der Waals surface area (Å²) in [4.78, 5) is 17.4. The van der Waals surface area contributed by atoms with Crippen molar-refractivity contribution in [2.24, 2.45) is 5.92 Å². The first-order valence-electron chi connectivity index (χ1n) is 7.68. The van der Waals surface area contributed by atoms with Crippen molar-refractivity contribution >= 4 is 15.9 Å².